The number of carbonyl (C=O) groups excluding carboxylic acids is 3. The summed E-state index contributed by atoms with van der Waals surface area (Å²) >= 11 is 0. The number of amides is 3. The second kappa shape index (κ2) is 9.52. The number of imide groups is 1. The zero-order chi connectivity index (χ0) is 39.8. The molecule has 0 aliphatic carbocycles. The third kappa shape index (κ3) is 4.53. The lowest BCUT2D eigenvalue weighted by Crippen LogP contribution is -2.52. The summed E-state index contributed by atoms with van der Waals surface area (Å²) in [6.07, 6.45) is -6.89. The maximum absolute atomic E-state index is 15.8. The van der Waals surface area contributed by atoms with Crippen molar-refractivity contribution in [3.63, 3.8) is 0 Å². The van der Waals surface area contributed by atoms with Crippen LogP contribution in [0.15, 0.2) is 36.4 Å². The lowest BCUT2D eigenvalue weighted by molar-refractivity contribution is -0.136. The molecule has 3 amide bonds. The first-order valence-corrected chi connectivity index (χ1v) is 9.65. The molecule has 0 aromatic heterocycles. The van der Waals surface area contributed by atoms with E-state index in [2.05, 4.69) is 10.1 Å². The molecule has 2 aromatic carbocycles. The zero-order valence-corrected chi connectivity index (χ0v) is 16.9. The average molecular weight is 485 g/mol. The fraction of sp³-hybridized carbons (Fsp3) is 0.400. The Bertz CT molecular complexity index is 1860. The summed E-state index contributed by atoms with van der Waals surface area (Å²) in [7, 11) is 0. The van der Waals surface area contributed by atoms with Gasteiger partial charge in [0.2, 0.25) is 11.8 Å². The van der Waals surface area contributed by atoms with Crippen molar-refractivity contribution >= 4 is 23.4 Å². The number of nitrogens with one attached hydrogen (secondary N) is 2. The van der Waals surface area contributed by atoms with Crippen LogP contribution in [0.2, 0.25) is 0 Å². The summed E-state index contributed by atoms with van der Waals surface area (Å²) in [5.41, 5.74) is -3.59. The van der Waals surface area contributed by atoms with Crippen LogP contribution in [0.25, 0.3) is 0 Å². The number of nitrogens with zero attached hydrogens (tertiary/aromatic N) is 2. The first-order valence-electron chi connectivity index (χ1n) is 18.6. The van der Waals surface area contributed by atoms with Crippen molar-refractivity contribution in [1.29, 1.82) is 0 Å². The van der Waals surface area contributed by atoms with Crippen molar-refractivity contribution in [2.75, 3.05) is 31.4 Å². The van der Waals surface area contributed by atoms with Gasteiger partial charge in [-0.2, -0.15) is 0 Å². The first kappa shape index (κ1) is 9.75. The van der Waals surface area contributed by atoms with E-state index in [9.17, 15) is 14.4 Å². The third-order valence-electron chi connectivity index (χ3n) is 4.77. The molecule has 0 radical (unpaired) electrons. The number of morpholine rings is 1. The summed E-state index contributed by atoms with van der Waals surface area (Å²) in [6.45, 7) is -24.5. The van der Waals surface area contributed by atoms with Gasteiger partial charge in [-0.3, -0.25) is 24.6 Å². The van der Waals surface area contributed by atoms with Crippen LogP contribution in [0.3, 0.4) is 0 Å². The molecule has 8 nitrogen and oxygen atoms in total. The minimum Gasteiger partial charge on any atom is -0.381 e. The molecule has 3 aliphatic heterocycles. The molecule has 1 atom stereocenters. The number of ether oxygens (including phenoxy) is 1. The molecule has 0 bridgehead atoms. The number of halogens is 1. The standard InChI is InChI=1S/C25H27FN4O4/c26-20-12-16(14-29-8-10-34-11-9-29)4-5-17(20)13-27-21-3-1-2-18-19(21)15-30(25(18)33)22-6-7-23(31)28-24(22)32/h1-5,12,22,27H,6-11,13-15H2,(H,28,31,32)/i6D2,7D2,8D2,9D2,10D2,11D2,13D2,14D2,15D2. The van der Waals surface area contributed by atoms with Crippen LogP contribution in [0, 0.1) is 5.82 Å². The zero-order valence-electron chi connectivity index (χ0n) is 34.9. The van der Waals surface area contributed by atoms with Gasteiger partial charge in [0.15, 0.2) is 0 Å². The van der Waals surface area contributed by atoms with Crippen molar-refractivity contribution in [3.8, 4) is 0 Å². The predicted octanol–water partition coefficient (Wildman–Crippen LogP) is 2.03. The Morgan fingerprint density at radius 2 is 2.03 bits per heavy atom. The molecular weight excluding hydrogens is 439 g/mol. The molecule has 3 aliphatic rings. The number of benzene rings is 2. The molecule has 3 heterocycles. The SMILES string of the molecule is [2H]C([2H])(Nc1cccc2c1C([2H])([2H])N(C1C(=O)NC(=O)C([2H])([2H])C1([2H])[2H])C2=O)c1ccc(C([2H])([2H])N2C([2H])([2H])C([2H])([2H])OC([2H])([2H])C2([2H])[2H])cc1F. The molecule has 34 heavy (non-hydrogen) atoms. The number of fused-ring (bicyclic) bond motifs is 1. The van der Waals surface area contributed by atoms with E-state index in [0.717, 1.165) is 18.2 Å². The van der Waals surface area contributed by atoms with E-state index in [1.165, 1.54) is 0 Å². The second-order valence-electron chi connectivity index (χ2n) is 6.93. The van der Waals surface area contributed by atoms with Gasteiger partial charge in [0.25, 0.3) is 5.91 Å². The van der Waals surface area contributed by atoms with Gasteiger partial charge in [-0.15, -0.1) is 0 Å². The molecule has 5 rings (SSSR count). The number of carbonyl (C=O) groups is 3. The Labute approximate surface area is 222 Å². The van der Waals surface area contributed by atoms with Crippen molar-refractivity contribution < 1.29 is 48.2 Å². The highest BCUT2D eigenvalue weighted by Gasteiger charge is 2.39. The van der Waals surface area contributed by atoms with Crippen molar-refractivity contribution in [2.45, 2.75) is 38.3 Å². The smallest absolute Gasteiger partial charge is 0.255 e. The van der Waals surface area contributed by atoms with Crippen LogP contribution < -0.4 is 10.6 Å². The van der Waals surface area contributed by atoms with Crippen molar-refractivity contribution in [2.24, 2.45) is 0 Å². The lowest BCUT2D eigenvalue weighted by Gasteiger charge is -2.29. The quantitative estimate of drug-likeness (QED) is 0.610. The molecule has 178 valence electrons. The minimum atomic E-state index is -3.72. The first-order chi connectivity index (χ1) is 23.2. The van der Waals surface area contributed by atoms with Gasteiger partial charge in [0.1, 0.15) is 11.9 Å². The third-order valence-corrected chi connectivity index (χ3v) is 4.77. The summed E-state index contributed by atoms with van der Waals surface area (Å²) in [6, 6.07) is 2.30. The van der Waals surface area contributed by atoms with E-state index >= 15 is 4.39 Å². The molecule has 1 unspecified atom stereocenters. The van der Waals surface area contributed by atoms with E-state index in [4.69, 9.17) is 24.7 Å². The number of rotatable bonds is 6. The summed E-state index contributed by atoms with van der Waals surface area (Å²) in [4.78, 5) is 38.1. The van der Waals surface area contributed by atoms with Gasteiger partial charge < -0.3 is 15.0 Å². The van der Waals surface area contributed by atoms with Gasteiger partial charge >= 0.3 is 0 Å². The summed E-state index contributed by atoms with van der Waals surface area (Å²) < 4.78 is 168. The van der Waals surface area contributed by atoms with E-state index in [1.807, 2.05) is 0 Å². The largest absolute Gasteiger partial charge is 0.381 e. The minimum absolute atomic E-state index is 0.0726. The Balaban J connectivity index is 1.53. The maximum atomic E-state index is 15.8. The Kier molecular flexibility index (Phi) is 2.73. The molecule has 9 heteroatoms. The number of hydrogen-bond donors (Lipinski definition) is 2. The highest BCUT2D eigenvalue weighted by molar-refractivity contribution is 6.06. The van der Waals surface area contributed by atoms with Crippen LogP contribution in [0.4, 0.5) is 10.1 Å². The normalized spacial score (nSPS) is 40.0. The number of piperidine rings is 1. The molecule has 2 fully saturated rings. The molecular formula is C25H27FN4O4. The van der Waals surface area contributed by atoms with Crippen molar-refractivity contribution in [1.82, 2.24) is 15.1 Å². The van der Waals surface area contributed by atoms with Crippen LogP contribution in [0.1, 0.15) is 64.5 Å². The molecule has 2 aromatic rings. The number of anilines is 1. The topological polar surface area (TPSA) is 91.0 Å². The van der Waals surface area contributed by atoms with E-state index in [0.29, 0.717) is 18.2 Å². The van der Waals surface area contributed by atoms with Gasteiger partial charge in [0, 0.05) is 74.9 Å². The predicted molar refractivity (Wildman–Crippen MR) is 122 cm³/mol. The fourth-order valence-electron chi connectivity index (χ4n) is 3.23. The van der Waals surface area contributed by atoms with Crippen LogP contribution in [-0.4, -0.2) is 59.7 Å². The summed E-state index contributed by atoms with van der Waals surface area (Å²) in [5, 5.41) is 3.80. The highest BCUT2D eigenvalue weighted by Crippen LogP contribution is 2.32. The summed E-state index contributed by atoms with van der Waals surface area (Å²) in [5.74, 6) is -6.10. The second-order valence-corrected chi connectivity index (χ2v) is 6.93. The van der Waals surface area contributed by atoms with E-state index in [1.54, 1.807) is 5.32 Å². The molecule has 0 spiro atoms. The van der Waals surface area contributed by atoms with Gasteiger partial charge in [-0.05, 0) is 30.1 Å². The molecule has 2 saturated heterocycles. The monoisotopic (exact) mass is 484 g/mol. The van der Waals surface area contributed by atoms with E-state index in [-0.39, 0.29) is 4.90 Å². The van der Waals surface area contributed by atoms with Crippen LogP contribution >= 0.6 is 0 Å². The van der Waals surface area contributed by atoms with Gasteiger partial charge in [0.05, 0.1) is 24.1 Å². The highest BCUT2D eigenvalue weighted by atomic mass is 19.1. The van der Waals surface area contributed by atoms with E-state index < -0.39 is 121 Å². The Morgan fingerprint density at radius 3 is 2.82 bits per heavy atom. The molecule has 2 N–H and O–H groups in total. The number of hydrogen-bond acceptors (Lipinski definition) is 6. The maximum Gasteiger partial charge on any atom is 0.255 e. The van der Waals surface area contributed by atoms with Crippen molar-refractivity contribution in [3.05, 3.63) is 64.5 Å². The lowest BCUT2D eigenvalue weighted by atomic mass is 10.0. The van der Waals surface area contributed by atoms with Gasteiger partial charge in [-0.25, -0.2) is 4.39 Å². The fourth-order valence-corrected chi connectivity index (χ4v) is 3.23. The average Bonchev–Trinajstić information content (AvgIpc) is 3.15. The molecule has 0 saturated carbocycles. The van der Waals surface area contributed by atoms with Gasteiger partial charge in [-0.1, -0.05) is 18.2 Å². The van der Waals surface area contributed by atoms with Crippen LogP contribution in [0.5, 0.6) is 0 Å². The van der Waals surface area contributed by atoms with Crippen LogP contribution in [-0.2, 0) is 33.8 Å². The Hall–Kier alpha value is -3.30. The Morgan fingerprint density at radius 1 is 1.21 bits per heavy atom.